The normalized spacial score (nSPS) is 31.1. The third-order valence-electron chi connectivity index (χ3n) is 7.52. The summed E-state index contributed by atoms with van der Waals surface area (Å²) in [7, 11) is -3.78. The highest BCUT2D eigenvalue weighted by Crippen LogP contribution is 2.48. The number of carbonyl (C=O) groups excluding carboxylic acids is 4. The minimum atomic E-state index is -3.78. The fraction of sp³-hybridized carbons (Fsp3) is 0.840. The number of hydrogen-bond donors (Lipinski definition) is 3. The van der Waals surface area contributed by atoms with Gasteiger partial charge in [-0.3, -0.25) is 19.1 Å². The van der Waals surface area contributed by atoms with E-state index in [2.05, 4.69) is 15.4 Å². The van der Waals surface area contributed by atoms with Crippen molar-refractivity contribution in [1.29, 1.82) is 0 Å². The topological polar surface area (TPSA) is 160 Å². The minimum absolute atomic E-state index is 0.196. The highest BCUT2D eigenvalue weighted by atomic mass is 32.2. The largest absolute Gasteiger partial charge is 0.444 e. The molecule has 2 aliphatic carbocycles. The molecule has 0 aromatic rings. The number of rotatable bonds is 4. The molecule has 2 aliphatic heterocycles. The number of carbonyl (C=O) groups is 4. The molecule has 2 saturated heterocycles. The van der Waals surface area contributed by atoms with Crippen LogP contribution in [-0.2, 0) is 33.9 Å². The van der Waals surface area contributed by atoms with E-state index in [1.807, 2.05) is 0 Å². The SMILES string of the molecule is CC(C)(C)OC(=O)N[C@H]1CCOCCCC[C@@H]2C[C@@]2(C(=O)NS(=O)(=O)C2CC2)NC(=O)[C@@H]2CCCN2C1=O. The van der Waals surface area contributed by atoms with Gasteiger partial charge in [-0.1, -0.05) is 6.42 Å². The van der Waals surface area contributed by atoms with E-state index in [0.717, 1.165) is 6.42 Å². The predicted octanol–water partition coefficient (Wildman–Crippen LogP) is 0.945. The van der Waals surface area contributed by atoms with E-state index in [9.17, 15) is 27.6 Å². The van der Waals surface area contributed by atoms with Crippen LogP contribution in [0.2, 0.25) is 0 Å². The molecule has 0 spiro atoms. The van der Waals surface area contributed by atoms with Crippen molar-refractivity contribution in [2.45, 2.75) is 107 Å². The van der Waals surface area contributed by atoms with Crippen LogP contribution >= 0.6 is 0 Å². The van der Waals surface area contributed by atoms with Crippen LogP contribution in [0, 0.1) is 5.92 Å². The van der Waals surface area contributed by atoms with Gasteiger partial charge in [0.1, 0.15) is 23.2 Å². The van der Waals surface area contributed by atoms with E-state index in [0.29, 0.717) is 58.1 Å². The van der Waals surface area contributed by atoms with Crippen LogP contribution in [0.15, 0.2) is 0 Å². The van der Waals surface area contributed by atoms with Gasteiger partial charge in [0.2, 0.25) is 21.8 Å². The van der Waals surface area contributed by atoms with E-state index < -0.39 is 62.3 Å². The van der Waals surface area contributed by atoms with Crippen molar-refractivity contribution in [2.75, 3.05) is 19.8 Å². The molecule has 4 aliphatic rings. The van der Waals surface area contributed by atoms with Crippen molar-refractivity contribution in [3.8, 4) is 0 Å². The van der Waals surface area contributed by atoms with E-state index in [1.54, 1.807) is 20.8 Å². The second-order valence-corrected chi connectivity index (χ2v) is 13.8. The number of amides is 4. The first kappa shape index (κ1) is 28.6. The Morgan fingerprint density at radius 2 is 1.79 bits per heavy atom. The summed E-state index contributed by atoms with van der Waals surface area (Å²) in [6.45, 7) is 6.17. The standard InChI is InChI=1S/C25H40N4O8S/c1-24(2,3)37-23(33)26-18-11-14-36-13-5-4-7-16-15-25(16,22(32)28-38(34,35)17-9-10-17)27-20(30)19-8-6-12-29(19)21(18)31/h16-19H,4-15H2,1-3H3,(H,26,33)(H,27,30)(H,28,32)/t16-,18+,19+,25-/m1/s1. The Morgan fingerprint density at radius 3 is 2.47 bits per heavy atom. The Balaban J connectivity index is 1.52. The number of nitrogens with one attached hydrogen (secondary N) is 3. The van der Waals surface area contributed by atoms with Crippen LogP contribution in [0.5, 0.6) is 0 Å². The molecule has 12 nitrogen and oxygen atoms in total. The van der Waals surface area contributed by atoms with Crippen molar-refractivity contribution in [3.05, 3.63) is 0 Å². The molecule has 0 aromatic heterocycles. The second-order valence-electron chi connectivity index (χ2n) is 11.8. The maximum atomic E-state index is 13.5. The molecule has 3 N–H and O–H groups in total. The highest BCUT2D eigenvalue weighted by molar-refractivity contribution is 7.91. The summed E-state index contributed by atoms with van der Waals surface area (Å²) in [5.74, 6) is -1.81. The van der Waals surface area contributed by atoms with Gasteiger partial charge in [0.25, 0.3) is 5.91 Å². The maximum Gasteiger partial charge on any atom is 0.408 e. The lowest BCUT2D eigenvalue weighted by Gasteiger charge is -2.30. The monoisotopic (exact) mass is 556 g/mol. The van der Waals surface area contributed by atoms with E-state index >= 15 is 0 Å². The van der Waals surface area contributed by atoms with Gasteiger partial charge < -0.3 is 25.0 Å². The Morgan fingerprint density at radius 1 is 1.05 bits per heavy atom. The van der Waals surface area contributed by atoms with Gasteiger partial charge in [-0.2, -0.15) is 0 Å². The van der Waals surface area contributed by atoms with Crippen LogP contribution in [-0.4, -0.2) is 85.4 Å². The van der Waals surface area contributed by atoms with E-state index in [-0.39, 0.29) is 18.9 Å². The number of nitrogens with zero attached hydrogens (tertiary/aromatic N) is 1. The van der Waals surface area contributed by atoms with Crippen LogP contribution < -0.4 is 15.4 Å². The summed E-state index contributed by atoms with van der Waals surface area (Å²) in [4.78, 5) is 54.1. The van der Waals surface area contributed by atoms with Gasteiger partial charge in [-0.15, -0.1) is 0 Å². The lowest BCUT2D eigenvalue weighted by molar-refractivity contribution is -0.141. The molecule has 0 radical (unpaired) electrons. The molecular weight excluding hydrogens is 516 g/mol. The zero-order valence-corrected chi connectivity index (χ0v) is 23.2. The third kappa shape index (κ3) is 6.77. The van der Waals surface area contributed by atoms with Gasteiger partial charge in [0, 0.05) is 26.2 Å². The molecule has 4 fully saturated rings. The zero-order valence-electron chi connectivity index (χ0n) is 22.4. The van der Waals surface area contributed by atoms with Crippen LogP contribution in [0.1, 0.15) is 78.6 Å². The highest BCUT2D eigenvalue weighted by Gasteiger charge is 2.62. The zero-order chi connectivity index (χ0) is 27.7. The van der Waals surface area contributed by atoms with Crippen LogP contribution in [0.3, 0.4) is 0 Å². The molecule has 0 bridgehead atoms. The Labute approximate surface area is 224 Å². The molecule has 0 aromatic carbocycles. The van der Waals surface area contributed by atoms with Gasteiger partial charge in [0.05, 0.1) is 5.25 Å². The predicted molar refractivity (Wildman–Crippen MR) is 136 cm³/mol. The summed E-state index contributed by atoms with van der Waals surface area (Å²) in [6, 6.07) is -1.78. The van der Waals surface area contributed by atoms with Gasteiger partial charge in [-0.25, -0.2) is 13.2 Å². The first-order valence-corrected chi connectivity index (χ1v) is 15.1. The molecular formula is C25H40N4O8S. The van der Waals surface area contributed by atoms with Crippen molar-refractivity contribution in [1.82, 2.24) is 20.3 Å². The molecule has 0 unspecified atom stereocenters. The quantitative estimate of drug-likeness (QED) is 0.461. The summed E-state index contributed by atoms with van der Waals surface area (Å²) >= 11 is 0. The average molecular weight is 557 g/mol. The summed E-state index contributed by atoms with van der Waals surface area (Å²) in [5.41, 5.74) is -2.06. The van der Waals surface area contributed by atoms with Crippen LogP contribution in [0.4, 0.5) is 4.79 Å². The fourth-order valence-electron chi connectivity index (χ4n) is 5.26. The van der Waals surface area contributed by atoms with Crippen molar-refractivity contribution in [3.63, 3.8) is 0 Å². The molecule has 38 heavy (non-hydrogen) atoms. The second kappa shape index (κ2) is 11.0. The van der Waals surface area contributed by atoms with Gasteiger partial charge in [0.15, 0.2) is 0 Å². The van der Waals surface area contributed by atoms with Crippen LogP contribution in [0.25, 0.3) is 0 Å². The molecule has 214 valence electrons. The number of sulfonamides is 1. The minimum Gasteiger partial charge on any atom is -0.444 e. The van der Waals surface area contributed by atoms with Gasteiger partial charge >= 0.3 is 6.09 Å². The maximum absolute atomic E-state index is 13.5. The molecule has 2 heterocycles. The van der Waals surface area contributed by atoms with Crippen molar-refractivity contribution < 1.29 is 37.1 Å². The lowest BCUT2D eigenvalue weighted by Crippen LogP contribution is -2.58. The number of alkyl carbamates (subject to hydrolysis) is 1. The Kier molecular flexibility index (Phi) is 8.27. The van der Waals surface area contributed by atoms with Gasteiger partial charge in [-0.05, 0) is 71.6 Å². The molecule has 4 amide bonds. The van der Waals surface area contributed by atoms with E-state index in [4.69, 9.17) is 9.47 Å². The van der Waals surface area contributed by atoms with Crippen molar-refractivity contribution >= 4 is 33.8 Å². The number of ether oxygens (including phenoxy) is 2. The Bertz CT molecular complexity index is 1050. The molecule has 13 heteroatoms. The molecule has 2 saturated carbocycles. The summed E-state index contributed by atoms with van der Waals surface area (Å²) in [5, 5.41) is 4.92. The smallest absolute Gasteiger partial charge is 0.408 e. The average Bonchev–Trinajstić information content (AvgIpc) is 3.72. The first-order chi connectivity index (χ1) is 17.8. The fourth-order valence-corrected chi connectivity index (χ4v) is 6.62. The third-order valence-corrected chi connectivity index (χ3v) is 9.34. The van der Waals surface area contributed by atoms with E-state index in [1.165, 1.54) is 4.90 Å². The number of fused-ring (bicyclic) bond motifs is 2. The lowest BCUT2D eigenvalue weighted by atomic mass is 10.1. The molecule has 4 atom stereocenters. The van der Waals surface area contributed by atoms with Crippen molar-refractivity contribution in [2.24, 2.45) is 5.92 Å². The number of hydrogen-bond acceptors (Lipinski definition) is 8. The summed E-state index contributed by atoms with van der Waals surface area (Å²) in [6.07, 6.45) is 3.92. The first-order valence-electron chi connectivity index (χ1n) is 13.6. The molecule has 4 rings (SSSR count). The Hall–Kier alpha value is -2.41. The summed E-state index contributed by atoms with van der Waals surface area (Å²) < 4.78 is 38.2.